The Hall–Kier alpha value is -4.21. The molecule has 2 aliphatic heterocycles. The maximum Gasteiger partial charge on any atom is 2.00 e. The largest absolute Gasteiger partial charge is 2.00 e. The van der Waals surface area contributed by atoms with E-state index in [9.17, 15) is 0 Å². The molecule has 2 atom stereocenters. The van der Waals surface area contributed by atoms with Crippen LogP contribution >= 0.6 is 0 Å². The Morgan fingerprint density at radius 3 is 2.25 bits per heavy atom. The molecule has 0 unspecified atom stereocenters. The fraction of sp³-hybridized carbons (Fsp3) is 0.388. The Morgan fingerprint density at radius 2 is 1.55 bits per heavy atom. The quantitative estimate of drug-likeness (QED) is 0.166. The van der Waals surface area contributed by atoms with Gasteiger partial charge in [0.1, 0.15) is 17.1 Å². The van der Waals surface area contributed by atoms with Gasteiger partial charge in [0, 0.05) is 28.5 Å². The Kier molecular flexibility index (Phi) is 8.67. The Bertz CT molecular complexity index is 2580. The fourth-order valence-corrected chi connectivity index (χ4v) is 9.61. The van der Waals surface area contributed by atoms with Gasteiger partial charge in [-0.1, -0.05) is 101 Å². The number of hydrogen-bond acceptors (Lipinski definition) is 4. The molecule has 1 saturated carbocycles. The zero-order valence-corrected chi connectivity index (χ0v) is 36.3. The van der Waals surface area contributed by atoms with E-state index in [1.807, 2.05) is 12.3 Å². The maximum atomic E-state index is 6.96. The van der Waals surface area contributed by atoms with Crippen LogP contribution in [0.2, 0.25) is 0 Å². The van der Waals surface area contributed by atoms with Crippen LogP contribution in [0.15, 0.2) is 65.8 Å². The summed E-state index contributed by atoms with van der Waals surface area (Å²) in [6.45, 7) is 24.7. The first-order valence-corrected chi connectivity index (χ1v) is 19.6. The summed E-state index contributed by atoms with van der Waals surface area (Å²) in [4.78, 5) is 10.3. The summed E-state index contributed by atoms with van der Waals surface area (Å²) in [5.74, 6) is 1.94. The number of rotatable bonds is 4. The predicted molar refractivity (Wildman–Crippen MR) is 221 cm³/mol. The molecular formula is C49H51N3O2Pt. The number of benzene rings is 4. The summed E-state index contributed by atoms with van der Waals surface area (Å²) in [5.41, 5.74) is 13.9. The number of aliphatic imine (C=N–C) groups is 1. The predicted octanol–water partition coefficient (Wildman–Crippen LogP) is 12.3. The molecule has 0 N–H and O–H groups in total. The first-order chi connectivity index (χ1) is 25.5. The monoisotopic (exact) mass is 908 g/mol. The van der Waals surface area contributed by atoms with Crippen molar-refractivity contribution in [1.29, 1.82) is 0 Å². The van der Waals surface area contributed by atoms with Crippen molar-refractivity contribution >= 4 is 27.8 Å². The average Bonchev–Trinajstić information content (AvgIpc) is 3.58. The topological polar surface area (TPSA) is 48.6 Å². The molecule has 6 heteroatoms. The zero-order chi connectivity index (χ0) is 38.1. The molecule has 3 aliphatic rings. The molecule has 2 aromatic heterocycles. The summed E-state index contributed by atoms with van der Waals surface area (Å²) in [5, 5.41) is 2.38. The molecule has 1 fully saturated rings. The minimum absolute atomic E-state index is 0. The third-order valence-corrected chi connectivity index (χ3v) is 12.9. The van der Waals surface area contributed by atoms with Gasteiger partial charge in [-0.3, -0.25) is 4.99 Å². The van der Waals surface area contributed by atoms with Crippen LogP contribution in [0.3, 0.4) is 0 Å². The van der Waals surface area contributed by atoms with Crippen LogP contribution in [0, 0.1) is 39.8 Å². The van der Waals surface area contributed by atoms with Crippen molar-refractivity contribution in [2.24, 2.45) is 4.99 Å². The van der Waals surface area contributed by atoms with Crippen LogP contribution in [0.5, 0.6) is 11.5 Å². The van der Waals surface area contributed by atoms with Crippen molar-refractivity contribution in [2.45, 2.75) is 124 Å². The smallest absolute Gasteiger partial charge is 0.512 e. The second-order valence-electron chi connectivity index (χ2n) is 18.3. The minimum atomic E-state index is -0.334. The molecule has 284 valence electrons. The van der Waals surface area contributed by atoms with Crippen molar-refractivity contribution in [2.75, 3.05) is 0 Å². The van der Waals surface area contributed by atoms with Crippen LogP contribution < -0.4 is 4.74 Å². The second kappa shape index (κ2) is 12.7. The van der Waals surface area contributed by atoms with Crippen molar-refractivity contribution < 1.29 is 30.5 Å². The Morgan fingerprint density at radius 1 is 0.818 bits per heavy atom. The normalized spacial score (nSPS) is 21.1. The van der Waals surface area contributed by atoms with Gasteiger partial charge >= 0.3 is 21.1 Å². The number of aryl methyl sites for hydroxylation is 4. The van der Waals surface area contributed by atoms with Crippen LogP contribution in [0.25, 0.3) is 38.8 Å². The molecule has 4 heterocycles. The fourth-order valence-electron chi connectivity index (χ4n) is 9.61. The van der Waals surface area contributed by atoms with Crippen molar-refractivity contribution in [1.82, 2.24) is 9.55 Å². The van der Waals surface area contributed by atoms with Gasteiger partial charge in [-0.25, -0.2) is 4.98 Å². The van der Waals surface area contributed by atoms with E-state index < -0.39 is 0 Å². The number of ether oxygens (including phenoxy) is 2. The molecule has 0 spiro atoms. The molecule has 55 heavy (non-hydrogen) atoms. The van der Waals surface area contributed by atoms with E-state index in [1.165, 1.54) is 49.8 Å². The molecule has 0 bridgehead atoms. The number of pyridine rings is 1. The first-order valence-electron chi connectivity index (χ1n) is 19.6. The summed E-state index contributed by atoms with van der Waals surface area (Å²) in [6, 6.07) is 27.6. The molecule has 1 aliphatic carbocycles. The summed E-state index contributed by atoms with van der Waals surface area (Å²) in [6.07, 6.45) is 6.22. The number of fused-ring (bicyclic) bond motifs is 6. The zero-order valence-electron chi connectivity index (χ0n) is 34.1. The molecule has 0 radical (unpaired) electrons. The van der Waals surface area contributed by atoms with E-state index in [1.54, 1.807) is 0 Å². The Labute approximate surface area is 340 Å². The van der Waals surface area contributed by atoms with E-state index in [2.05, 4.69) is 141 Å². The van der Waals surface area contributed by atoms with E-state index in [0.29, 0.717) is 17.4 Å². The van der Waals surface area contributed by atoms with Crippen molar-refractivity contribution in [3.63, 3.8) is 0 Å². The first kappa shape index (κ1) is 37.7. The van der Waals surface area contributed by atoms with Crippen molar-refractivity contribution in [3.8, 4) is 28.3 Å². The maximum absolute atomic E-state index is 6.96. The third-order valence-electron chi connectivity index (χ3n) is 12.9. The van der Waals surface area contributed by atoms with E-state index in [4.69, 9.17) is 19.5 Å². The molecule has 4 aromatic carbocycles. The molecule has 9 rings (SSSR count). The number of aromatic nitrogens is 2. The van der Waals surface area contributed by atoms with Gasteiger partial charge in [0.25, 0.3) is 0 Å². The summed E-state index contributed by atoms with van der Waals surface area (Å²) < 4.78 is 16.1. The van der Waals surface area contributed by atoms with E-state index >= 15 is 0 Å². The van der Waals surface area contributed by atoms with Crippen LogP contribution in [0.4, 0.5) is 0 Å². The molecule has 0 amide bonds. The molecule has 0 saturated heterocycles. The van der Waals surface area contributed by atoms with E-state index in [0.717, 1.165) is 59.1 Å². The van der Waals surface area contributed by atoms with Gasteiger partial charge < -0.3 is 14.0 Å². The standard InChI is InChI=1S/C49H51N3O2.Pt/c1-28-19-30(3)42(31(4)20-28)32-22-33(45-51-48(10)16-12-13-17-49(48,11)54-45)24-35(23-32)53-41-27-40-38(21-29(41)2)47(8,9)39-26-34(46(5,6)7)25-37-36-15-14-18-50-44(36)52(40)43(37)39;/h14-15,18-23,25-26H,12-13,16-17H2,1-11H3;/q-2;+2/t48-,49+;/m1./s1. The summed E-state index contributed by atoms with van der Waals surface area (Å²) in [7, 11) is 0. The van der Waals surface area contributed by atoms with Gasteiger partial charge in [-0.05, 0) is 111 Å². The molecule has 6 aromatic rings. The van der Waals surface area contributed by atoms with Crippen molar-refractivity contribution in [3.05, 3.63) is 117 Å². The minimum Gasteiger partial charge on any atom is -0.512 e. The van der Waals surface area contributed by atoms with Gasteiger partial charge in [0.15, 0.2) is 0 Å². The third kappa shape index (κ3) is 5.74. The van der Waals surface area contributed by atoms with E-state index in [-0.39, 0.29) is 43.0 Å². The van der Waals surface area contributed by atoms with Crippen LogP contribution in [-0.4, -0.2) is 26.6 Å². The SMILES string of the molecule is Cc1cc(C)c(-c2cc(Oc3[c-]c4c(cc3C)C(C)(C)c3cc(C(C)(C)C)cc5c6cccnc6n-4c35)[c-]c(C3=N[C@]4(C)CCCC[C@]4(C)O3)c2)c(C)c1.[Pt+2]. The summed E-state index contributed by atoms with van der Waals surface area (Å²) >= 11 is 0. The van der Waals surface area contributed by atoms with Gasteiger partial charge in [0.2, 0.25) is 0 Å². The second-order valence-corrected chi connectivity index (χ2v) is 18.3. The number of hydrogen-bond donors (Lipinski definition) is 0. The average molecular weight is 909 g/mol. The molecule has 5 nitrogen and oxygen atoms in total. The Balaban J connectivity index is 0.00000427. The number of nitrogens with zero attached hydrogens (tertiary/aromatic N) is 3. The van der Waals surface area contributed by atoms with Crippen LogP contribution in [-0.2, 0) is 36.6 Å². The molecular weight excluding hydrogens is 858 g/mol. The van der Waals surface area contributed by atoms with Gasteiger partial charge in [-0.2, -0.15) is 6.07 Å². The van der Waals surface area contributed by atoms with Gasteiger partial charge in [0.05, 0.1) is 11.1 Å². The van der Waals surface area contributed by atoms with Gasteiger partial charge in [-0.15, -0.1) is 23.3 Å². The van der Waals surface area contributed by atoms with Crippen LogP contribution in [0.1, 0.15) is 119 Å².